The third kappa shape index (κ3) is 3.37. The molecular formula is C14H24N4OS. The quantitative estimate of drug-likeness (QED) is 0.893. The summed E-state index contributed by atoms with van der Waals surface area (Å²) in [6.07, 6.45) is 0.959. The largest absolute Gasteiger partial charge is 0.319 e. The molecule has 0 radical (unpaired) electrons. The van der Waals surface area contributed by atoms with E-state index in [0.717, 1.165) is 31.7 Å². The Kier molecular flexibility index (Phi) is 4.46. The number of hydrogen-bond donors (Lipinski definition) is 2. The van der Waals surface area contributed by atoms with Crippen LogP contribution in [0, 0.1) is 5.41 Å². The minimum Gasteiger partial charge on any atom is -0.319 e. The van der Waals surface area contributed by atoms with E-state index in [9.17, 15) is 4.79 Å². The highest BCUT2D eigenvalue weighted by molar-refractivity contribution is 7.15. The van der Waals surface area contributed by atoms with Gasteiger partial charge in [-0.15, -0.1) is 11.3 Å². The van der Waals surface area contributed by atoms with E-state index in [1.165, 1.54) is 4.88 Å². The second kappa shape index (κ2) is 5.79. The highest BCUT2D eigenvalue weighted by atomic mass is 32.1. The molecule has 5 nitrogen and oxygen atoms in total. The van der Waals surface area contributed by atoms with E-state index in [1.807, 2.05) is 20.8 Å². The first-order valence-corrected chi connectivity index (χ1v) is 7.90. The van der Waals surface area contributed by atoms with Crippen molar-refractivity contribution in [2.24, 2.45) is 11.1 Å². The van der Waals surface area contributed by atoms with E-state index in [1.54, 1.807) is 11.3 Å². The van der Waals surface area contributed by atoms with Gasteiger partial charge in [-0.1, -0.05) is 27.7 Å². The van der Waals surface area contributed by atoms with Gasteiger partial charge in [0.2, 0.25) is 5.91 Å². The number of likely N-dealkylation sites (N-methyl/N-ethyl adjacent to an activating group) is 1. The number of thiazole rings is 1. The van der Waals surface area contributed by atoms with Gasteiger partial charge in [-0.2, -0.15) is 0 Å². The fourth-order valence-electron chi connectivity index (χ4n) is 2.15. The molecule has 2 heterocycles. The van der Waals surface area contributed by atoms with Gasteiger partial charge < -0.3 is 11.1 Å². The molecule has 0 bridgehead atoms. The monoisotopic (exact) mass is 296 g/mol. The van der Waals surface area contributed by atoms with Crippen molar-refractivity contribution in [2.75, 3.05) is 18.4 Å². The Labute approximate surface area is 124 Å². The van der Waals surface area contributed by atoms with Crippen LogP contribution in [0.1, 0.15) is 38.3 Å². The van der Waals surface area contributed by atoms with Crippen molar-refractivity contribution in [2.45, 2.75) is 46.7 Å². The second-order valence-electron chi connectivity index (χ2n) is 6.34. The predicted molar refractivity (Wildman–Crippen MR) is 82.8 cm³/mol. The van der Waals surface area contributed by atoms with E-state index in [0.29, 0.717) is 5.13 Å². The van der Waals surface area contributed by atoms with Crippen LogP contribution in [0.15, 0.2) is 0 Å². The molecule has 20 heavy (non-hydrogen) atoms. The molecule has 0 aliphatic carbocycles. The van der Waals surface area contributed by atoms with Crippen molar-refractivity contribution in [1.82, 2.24) is 9.88 Å². The number of hydrogen-bond acceptors (Lipinski definition) is 5. The van der Waals surface area contributed by atoms with Crippen molar-refractivity contribution < 1.29 is 4.79 Å². The molecule has 0 saturated carbocycles. The molecule has 112 valence electrons. The lowest BCUT2D eigenvalue weighted by Gasteiger charge is -2.25. The van der Waals surface area contributed by atoms with E-state index in [-0.39, 0.29) is 11.3 Å². The Morgan fingerprint density at radius 2 is 2.25 bits per heavy atom. The lowest BCUT2D eigenvalue weighted by molar-refractivity contribution is -0.119. The Morgan fingerprint density at radius 3 is 2.85 bits per heavy atom. The Morgan fingerprint density at radius 1 is 1.55 bits per heavy atom. The van der Waals surface area contributed by atoms with Crippen LogP contribution in [-0.2, 0) is 17.8 Å². The number of carbonyl (C=O) groups is 1. The SMILES string of the molecule is CCN1CCc2nc(NC(=O)[C@@H](N)C(C)(C)C)sc2C1. The molecule has 1 aliphatic heterocycles. The van der Waals surface area contributed by atoms with E-state index in [2.05, 4.69) is 22.1 Å². The number of amides is 1. The highest BCUT2D eigenvalue weighted by Crippen LogP contribution is 2.28. The fourth-order valence-corrected chi connectivity index (χ4v) is 3.20. The average Bonchev–Trinajstić information content (AvgIpc) is 2.77. The molecule has 1 aromatic heterocycles. The van der Waals surface area contributed by atoms with Crippen LogP contribution in [0.3, 0.4) is 0 Å². The summed E-state index contributed by atoms with van der Waals surface area (Å²) in [6, 6.07) is -0.532. The van der Waals surface area contributed by atoms with Crippen LogP contribution in [-0.4, -0.2) is 34.9 Å². The zero-order chi connectivity index (χ0) is 14.9. The number of anilines is 1. The third-order valence-corrected chi connectivity index (χ3v) is 4.70. The topological polar surface area (TPSA) is 71.2 Å². The Bertz CT molecular complexity index is 492. The minimum atomic E-state index is -0.532. The van der Waals surface area contributed by atoms with Gasteiger partial charge in [0, 0.05) is 24.4 Å². The van der Waals surface area contributed by atoms with Crippen molar-refractivity contribution in [3.05, 3.63) is 10.6 Å². The molecule has 6 heteroatoms. The van der Waals surface area contributed by atoms with Crippen LogP contribution in [0.4, 0.5) is 5.13 Å². The summed E-state index contributed by atoms with van der Waals surface area (Å²) in [6.45, 7) is 11.1. The molecule has 0 unspecified atom stereocenters. The molecule has 1 aromatic rings. The molecule has 2 rings (SSSR count). The fraction of sp³-hybridized carbons (Fsp3) is 0.714. The Hall–Kier alpha value is -0.980. The second-order valence-corrected chi connectivity index (χ2v) is 7.42. The number of nitrogens with zero attached hydrogens (tertiary/aromatic N) is 2. The molecule has 0 spiro atoms. The predicted octanol–water partition coefficient (Wildman–Crippen LogP) is 1.83. The first kappa shape index (κ1) is 15.4. The maximum atomic E-state index is 12.1. The number of aromatic nitrogens is 1. The van der Waals surface area contributed by atoms with Crippen LogP contribution in [0.25, 0.3) is 0 Å². The Balaban J connectivity index is 2.05. The van der Waals surface area contributed by atoms with Crippen LogP contribution in [0.2, 0.25) is 0 Å². The molecule has 0 fully saturated rings. The zero-order valence-electron chi connectivity index (χ0n) is 12.7. The van der Waals surface area contributed by atoms with Gasteiger partial charge >= 0.3 is 0 Å². The van der Waals surface area contributed by atoms with Crippen LogP contribution in [0.5, 0.6) is 0 Å². The third-order valence-electron chi connectivity index (χ3n) is 3.70. The highest BCUT2D eigenvalue weighted by Gasteiger charge is 2.28. The summed E-state index contributed by atoms with van der Waals surface area (Å²) in [4.78, 5) is 20.3. The van der Waals surface area contributed by atoms with Crippen LogP contribution < -0.4 is 11.1 Å². The van der Waals surface area contributed by atoms with Gasteiger partial charge in [-0.25, -0.2) is 4.98 Å². The number of carbonyl (C=O) groups excluding carboxylic acids is 1. The van der Waals surface area contributed by atoms with Crippen molar-refractivity contribution in [1.29, 1.82) is 0 Å². The van der Waals surface area contributed by atoms with Gasteiger partial charge in [0.25, 0.3) is 0 Å². The summed E-state index contributed by atoms with van der Waals surface area (Å²) < 4.78 is 0. The number of nitrogens with two attached hydrogens (primary N) is 1. The maximum absolute atomic E-state index is 12.1. The van der Waals surface area contributed by atoms with Gasteiger partial charge in [0.15, 0.2) is 5.13 Å². The number of rotatable bonds is 3. The zero-order valence-corrected chi connectivity index (χ0v) is 13.5. The van der Waals surface area contributed by atoms with Gasteiger partial charge in [-0.05, 0) is 12.0 Å². The first-order chi connectivity index (χ1) is 9.31. The standard InChI is InChI=1S/C14H24N4OS/c1-5-18-7-6-9-10(8-18)20-13(16-9)17-12(19)11(15)14(2,3)4/h11H,5-8,15H2,1-4H3,(H,16,17,19)/t11-/m1/s1. The molecule has 0 aromatic carbocycles. The molecule has 1 amide bonds. The normalized spacial score (nSPS) is 17.6. The van der Waals surface area contributed by atoms with E-state index < -0.39 is 6.04 Å². The van der Waals surface area contributed by atoms with Crippen molar-refractivity contribution in [3.8, 4) is 0 Å². The van der Waals surface area contributed by atoms with Crippen molar-refractivity contribution >= 4 is 22.4 Å². The lowest BCUT2D eigenvalue weighted by atomic mass is 9.87. The average molecular weight is 296 g/mol. The molecule has 1 aliphatic rings. The van der Waals surface area contributed by atoms with Gasteiger partial charge in [-0.3, -0.25) is 9.69 Å². The minimum absolute atomic E-state index is 0.157. The van der Waals surface area contributed by atoms with Crippen LogP contribution >= 0.6 is 11.3 Å². The molecule has 0 saturated heterocycles. The smallest absolute Gasteiger partial charge is 0.243 e. The van der Waals surface area contributed by atoms with E-state index >= 15 is 0 Å². The van der Waals surface area contributed by atoms with Gasteiger partial charge in [0.1, 0.15) is 0 Å². The lowest BCUT2D eigenvalue weighted by Crippen LogP contribution is -2.45. The molecular weight excluding hydrogens is 272 g/mol. The molecule has 1 atom stereocenters. The number of nitrogens with one attached hydrogen (secondary N) is 1. The first-order valence-electron chi connectivity index (χ1n) is 7.08. The number of fused-ring (bicyclic) bond motifs is 1. The molecule has 3 N–H and O–H groups in total. The maximum Gasteiger partial charge on any atom is 0.243 e. The van der Waals surface area contributed by atoms with Crippen molar-refractivity contribution in [3.63, 3.8) is 0 Å². The van der Waals surface area contributed by atoms with E-state index in [4.69, 9.17) is 5.73 Å². The van der Waals surface area contributed by atoms with Gasteiger partial charge in [0.05, 0.1) is 11.7 Å². The summed E-state index contributed by atoms with van der Waals surface area (Å²) in [5.74, 6) is -0.157. The summed E-state index contributed by atoms with van der Waals surface area (Å²) in [7, 11) is 0. The summed E-state index contributed by atoms with van der Waals surface area (Å²) in [5, 5.41) is 3.54. The summed E-state index contributed by atoms with van der Waals surface area (Å²) in [5.41, 5.74) is 6.84. The summed E-state index contributed by atoms with van der Waals surface area (Å²) >= 11 is 1.57.